The van der Waals surface area contributed by atoms with Gasteiger partial charge in [0.25, 0.3) is 0 Å². The summed E-state index contributed by atoms with van der Waals surface area (Å²) in [5.41, 5.74) is 2.68. The minimum atomic E-state index is -0.0773. The van der Waals surface area contributed by atoms with E-state index in [1.807, 2.05) is 0 Å². The fourth-order valence-electron chi connectivity index (χ4n) is 2.78. The SMILES string of the molecule is CCCc1ccc2c(c1)C(NCC)CC(C)(C)O2. The Hall–Kier alpha value is -1.02. The molecule has 1 aromatic rings. The van der Waals surface area contributed by atoms with Gasteiger partial charge in [0.2, 0.25) is 0 Å². The van der Waals surface area contributed by atoms with E-state index >= 15 is 0 Å². The number of ether oxygens (including phenoxy) is 1. The van der Waals surface area contributed by atoms with Crippen LogP contribution in [0, 0.1) is 0 Å². The fraction of sp³-hybridized carbons (Fsp3) is 0.625. The number of hydrogen-bond acceptors (Lipinski definition) is 2. The molecule has 0 saturated carbocycles. The van der Waals surface area contributed by atoms with Gasteiger partial charge < -0.3 is 10.1 Å². The first kappa shape index (κ1) is 13.4. The van der Waals surface area contributed by atoms with Crippen LogP contribution in [-0.4, -0.2) is 12.1 Å². The number of rotatable bonds is 4. The van der Waals surface area contributed by atoms with Crippen LogP contribution in [0.15, 0.2) is 18.2 Å². The lowest BCUT2D eigenvalue weighted by Crippen LogP contribution is -2.39. The molecule has 0 saturated heterocycles. The second-order valence-electron chi connectivity index (χ2n) is 5.80. The maximum Gasteiger partial charge on any atom is 0.124 e. The highest BCUT2D eigenvalue weighted by atomic mass is 16.5. The quantitative estimate of drug-likeness (QED) is 0.872. The highest BCUT2D eigenvalue weighted by molar-refractivity contribution is 5.42. The van der Waals surface area contributed by atoms with Crippen LogP contribution in [0.3, 0.4) is 0 Å². The lowest BCUT2D eigenvalue weighted by atomic mass is 9.88. The Morgan fingerprint density at radius 3 is 2.78 bits per heavy atom. The first-order valence-electron chi connectivity index (χ1n) is 7.11. The Kier molecular flexibility index (Phi) is 3.96. The summed E-state index contributed by atoms with van der Waals surface area (Å²) in [4.78, 5) is 0. The summed E-state index contributed by atoms with van der Waals surface area (Å²) in [5.74, 6) is 1.05. The van der Waals surface area contributed by atoms with Gasteiger partial charge >= 0.3 is 0 Å². The van der Waals surface area contributed by atoms with Crippen LogP contribution < -0.4 is 10.1 Å². The van der Waals surface area contributed by atoms with Crippen LogP contribution in [0.1, 0.15) is 57.7 Å². The van der Waals surface area contributed by atoms with Gasteiger partial charge in [0, 0.05) is 18.0 Å². The summed E-state index contributed by atoms with van der Waals surface area (Å²) in [6.07, 6.45) is 3.37. The third-order valence-corrected chi connectivity index (χ3v) is 3.52. The van der Waals surface area contributed by atoms with Gasteiger partial charge in [-0.05, 0) is 38.4 Å². The van der Waals surface area contributed by atoms with Crippen LogP contribution in [-0.2, 0) is 6.42 Å². The molecule has 0 fully saturated rings. The molecule has 1 atom stereocenters. The van der Waals surface area contributed by atoms with E-state index in [0.717, 1.165) is 25.1 Å². The van der Waals surface area contributed by atoms with Gasteiger partial charge in [-0.25, -0.2) is 0 Å². The van der Waals surface area contributed by atoms with E-state index in [0.29, 0.717) is 6.04 Å². The molecule has 1 N–H and O–H groups in total. The van der Waals surface area contributed by atoms with Crippen molar-refractivity contribution in [2.24, 2.45) is 0 Å². The van der Waals surface area contributed by atoms with E-state index in [9.17, 15) is 0 Å². The molecule has 0 amide bonds. The van der Waals surface area contributed by atoms with Crippen LogP contribution >= 0.6 is 0 Å². The highest BCUT2D eigenvalue weighted by Crippen LogP contribution is 2.39. The van der Waals surface area contributed by atoms with Gasteiger partial charge in [0.1, 0.15) is 11.4 Å². The average Bonchev–Trinajstić information content (AvgIpc) is 2.29. The Morgan fingerprint density at radius 2 is 2.11 bits per heavy atom. The molecule has 1 unspecified atom stereocenters. The highest BCUT2D eigenvalue weighted by Gasteiger charge is 2.33. The largest absolute Gasteiger partial charge is 0.487 e. The van der Waals surface area contributed by atoms with Crippen molar-refractivity contribution in [1.29, 1.82) is 0 Å². The zero-order valence-electron chi connectivity index (χ0n) is 12.0. The molecule has 0 bridgehead atoms. The minimum Gasteiger partial charge on any atom is -0.487 e. The molecule has 0 aliphatic carbocycles. The smallest absolute Gasteiger partial charge is 0.124 e. The molecule has 1 aliphatic heterocycles. The van der Waals surface area contributed by atoms with Gasteiger partial charge in [-0.2, -0.15) is 0 Å². The predicted molar refractivity (Wildman–Crippen MR) is 76.2 cm³/mol. The summed E-state index contributed by atoms with van der Waals surface area (Å²) in [5, 5.41) is 3.59. The third kappa shape index (κ3) is 2.86. The maximum absolute atomic E-state index is 6.09. The van der Waals surface area contributed by atoms with Crippen LogP contribution in [0.4, 0.5) is 0 Å². The van der Waals surface area contributed by atoms with Gasteiger partial charge in [0.05, 0.1) is 0 Å². The lowest BCUT2D eigenvalue weighted by molar-refractivity contribution is 0.0664. The summed E-state index contributed by atoms with van der Waals surface area (Å²) in [6.45, 7) is 9.72. The molecule has 100 valence electrons. The van der Waals surface area contributed by atoms with E-state index < -0.39 is 0 Å². The van der Waals surface area contributed by atoms with Crippen LogP contribution in [0.5, 0.6) is 5.75 Å². The van der Waals surface area contributed by atoms with Crippen molar-refractivity contribution in [2.75, 3.05) is 6.54 Å². The molecule has 18 heavy (non-hydrogen) atoms. The average molecular weight is 247 g/mol. The van der Waals surface area contributed by atoms with Gasteiger partial charge in [0.15, 0.2) is 0 Å². The molecule has 1 aromatic carbocycles. The number of hydrogen-bond donors (Lipinski definition) is 1. The summed E-state index contributed by atoms with van der Waals surface area (Å²) >= 11 is 0. The van der Waals surface area contributed by atoms with Gasteiger partial charge in [-0.15, -0.1) is 0 Å². The second-order valence-corrected chi connectivity index (χ2v) is 5.80. The first-order valence-corrected chi connectivity index (χ1v) is 7.11. The van der Waals surface area contributed by atoms with E-state index in [4.69, 9.17) is 4.74 Å². The van der Waals surface area contributed by atoms with Crippen molar-refractivity contribution in [3.8, 4) is 5.75 Å². The van der Waals surface area contributed by atoms with Crippen molar-refractivity contribution in [2.45, 2.75) is 58.6 Å². The van der Waals surface area contributed by atoms with Crippen molar-refractivity contribution >= 4 is 0 Å². The Morgan fingerprint density at radius 1 is 1.33 bits per heavy atom. The molecule has 1 heterocycles. The van der Waals surface area contributed by atoms with E-state index in [1.165, 1.54) is 17.5 Å². The van der Waals surface area contributed by atoms with Crippen LogP contribution in [0.25, 0.3) is 0 Å². The van der Waals surface area contributed by atoms with Crippen molar-refractivity contribution in [3.05, 3.63) is 29.3 Å². The molecular weight excluding hydrogens is 222 g/mol. The fourth-order valence-corrected chi connectivity index (χ4v) is 2.78. The molecule has 0 spiro atoms. The number of fused-ring (bicyclic) bond motifs is 1. The first-order chi connectivity index (χ1) is 8.55. The van der Waals surface area contributed by atoms with Crippen molar-refractivity contribution in [1.82, 2.24) is 5.32 Å². The topological polar surface area (TPSA) is 21.3 Å². The lowest BCUT2D eigenvalue weighted by Gasteiger charge is -2.38. The monoisotopic (exact) mass is 247 g/mol. The van der Waals surface area contributed by atoms with E-state index in [-0.39, 0.29) is 5.60 Å². The number of aryl methyl sites for hydroxylation is 1. The second kappa shape index (κ2) is 5.31. The van der Waals surface area contributed by atoms with Crippen molar-refractivity contribution < 1.29 is 4.74 Å². The third-order valence-electron chi connectivity index (χ3n) is 3.52. The van der Waals surface area contributed by atoms with Gasteiger partial charge in [-0.3, -0.25) is 0 Å². The molecule has 2 nitrogen and oxygen atoms in total. The standard InChI is InChI=1S/C16H25NO/c1-5-7-12-8-9-15-13(10-12)14(17-6-2)11-16(3,4)18-15/h8-10,14,17H,5-7,11H2,1-4H3. The molecule has 2 rings (SSSR count). The summed E-state index contributed by atoms with van der Waals surface area (Å²) < 4.78 is 6.09. The maximum atomic E-state index is 6.09. The molecule has 0 aromatic heterocycles. The summed E-state index contributed by atoms with van der Waals surface area (Å²) in [7, 11) is 0. The Balaban J connectivity index is 2.33. The van der Waals surface area contributed by atoms with Crippen molar-refractivity contribution in [3.63, 3.8) is 0 Å². The number of nitrogens with one attached hydrogen (secondary N) is 1. The Labute approximate surface area is 111 Å². The van der Waals surface area contributed by atoms with E-state index in [1.54, 1.807) is 0 Å². The molecule has 0 radical (unpaired) electrons. The molecule has 2 heteroatoms. The van der Waals surface area contributed by atoms with E-state index in [2.05, 4.69) is 51.2 Å². The Bertz CT molecular complexity index is 412. The zero-order valence-corrected chi connectivity index (χ0v) is 12.0. The zero-order chi connectivity index (χ0) is 13.2. The molecule has 1 aliphatic rings. The normalized spacial score (nSPS) is 21.2. The number of benzene rings is 1. The van der Waals surface area contributed by atoms with Crippen LogP contribution in [0.2, 0.25) is 0 Å². The molecular formula is C16H25NO. The van der Waals surface area contributed by atoms with Gasteiger partial charge in [-0.1, -0.05) is 32.4 Å². The predicted octanol–water partition coefficient (Wildman–Crippen LogP) is 3.85. The summed E-state index contributed by atoms with van der Waals surface area (Å²) in [6, 6.07) is 7.09. The minimum absolute atomic E-state index is 0.0773.